The third-order valence-corrected chi connectivity index (χ3v) is 12.1. The molecule has 2 fully saturated rings. The first-order valence-electron chi connectivity index (χ1n) is 19.4. The van der Waals surface area contributed by atoms with Gasteiger partial charge in [-0.1, -0.05) is 38.8 Å². The molecule has 0 radical (unpaired) electrons. The normalized spacial score (nSPS) is 24.7. The topological polar surface area (TPSA) is 143 Å². The number of nitrogens with one attached hydrogen (secondary N) is 2. The fourth-order valence-electron chi connectivity index (χ4n) is 7.84. The summed E-state index contributed by atoms with van der Waals surface area (Å²) in [6.07, 6.45) is 0.901. The van der Waals surface area contributed by atoms with E-state index in [0.29, 0.717) is 64.9 Å². The second-order valence-corrected chi connectivity index (χ2v) is 16.4. The highest BCUT2D eigenvalue weighted by Gasteiger charge is 2.61. The number of alkyl halides is 3. The van der Waals surface area contributed by atoms with Crippen LogP contribution in [0.2, 0.25) is 0 Å². The van der Waals surface area contributed by atoms with Crippen molar-refractivity contribution in [1.82, 2.24) is 20.2 Å². The van der Waals surface area contributed by atoms with Crippen molar-refractivity contribution in [2.24, 2.45) is 5.92 Å². The number of benzene rings is 2. The van der Waals surface area contributed by atoms with Crippen molar-refractivity contribution in [2.75, 3.05) is 19.0 Å². The smallest absolute Gasteiger partial charge is 0.416 e. The number of hydrogen-bond donors (Lipinski definition) is 3. The Morgan fingerprint density at radius 3 is 2.60 bits per heavy atom. The van der Waals surface area contributed by atoms with E-state index in [4.69, 9.17) is 19.4 Å². The summed E-state index contributed by atoms with van der Waals surface area (Å²) in [5, 5.41) is 19.1. The van der Waals surface area contributed by atoms with Crippen LogP contribution >= 0.6 is 11.3 Å². The van der Waals surface area contributed by atoms with Gasteiger partial charge in [-0.15, -0.1) is 11.3 Å². The van der Waals surface area contributed by atoms with E-state index in [-0.39, 0.29) is 37.4 Å². The number of carboxylic acid groups (broad SMARTS) is 1. The number of aromatic nitrogens is 2. The number of amides is 2. The molecule has 1 saturated carbocycles. The summed E-state index contributed by atoms with van der Waals surface area (Å²) in [5.74, 6) is -2.86. The van der Waals surface area contributed by atoms with E-state index in [1.54, 1.807) is 25.3 Å². The molecule has 1 saturated heterocycles. The van der Waals surface area contributed by atoms with Crippen LogP contribution < -0.4 is 20.1 Å². The van der Waals surface area contributed by atoms with Crippen molar-refractivity contribution in [1.29, 1.82) is 0 Å². The minimum Gasteiger partial charge on any atom is -0.496 e. The first-order valence-corrected chi connectivity index (χ1v) is 20.2. The fourth-order valence-corrected chi connectivity index (χ4v) is 8.78. The zero-order chi connectivity index (χ0) is 41.5. The minimum atomic E-state index is -4.84. The summed E-state index contributed by atoms with van der Waals surface area (Å²) >= 11 is 1.44. The quantitative estimate of drug-likeness (QED) is 0.118. The SMILES string of the molecule is COc1ccc2c(O[C@@H]3C[C@H]4C(=O)N[C@]5(C(=O)O)C[C@@H]5/C=C\CCCCC[C@H](Nc5cc(F)cc(C(F)(F)F)c5)C(=O)N4C3)cc(-c3nc(C(C)C)cs3)nc2c1C. The highest BCUT2D eigenvalue weighted by molar-refractivity contribution is 7.13. The zero-order valence-electron chi connectivity index (χ0n) is 32.5. The summed E-state index contributed by atoms with van der Waals surface area (Å²) in [6.45, 7) is 5.85. The number of anilines is 1. The molecule has 3 aliphatic rings. The van der Waals surface area contributed by atoms with Crippen LogP contribution in [0.15, 0.2) is 53.9 Å². The number of aryl methyl sites for hydroxylation is 1. The molecule has 308 valence electrons. The number of hydrogen-bond acceptors (Lipinski definition) is 9. The van der Waals surface area contributed by atoms with E-state index in [0.717, 1.165) is 23.4 Å². The number of halogens is 4. The van der Waals surface area contributed by atoms with Crippen molar-refractivity contribution in [2.45, 2.75) is 102 Å². The standard InChI is InChI=1S/C42H45F4N5O6S/c1-22(2)32-21-58-38(49-32)31-18-35(29-12-13-34(56-4)23(3)36(29)48-31)57-28-17-33-37(52)50-41(40(54)55)19-24(41)10-8-6-5-7-9-11-30(39(53)51(33)20-28)47-27-15-25(42(44,45)46)14-26(43)16-27/h8,10,12-16,18,21-22,24,28,30,33,47H,5-7,9,11,17,19-20H2,1-4H3,(H,50,52)(H,54,55)/b10-8-/t24-,28+,30-,33-,41+/m0/s1. The highest BCUT2D eigenvalue weighted by Crippen LogP contribution is 2.46. The highest BCUT2D eigenvalue weighted by atomic mass is 32.1. The van der Waals surface area contributed by atoms with Crippen molar-refractivity contribution in [3.63, 3.8) is 0 Å². The summed E-state index contributed by atoms with van der Waals surface area (Å²) in [7, 11) is 1.56. The molecule has 3 N–H and O–H groups in total. The van der Waals surface area contributed by atoms with Crippen LogP contribution in [0, 0.1) is 18.7 Å². The molecule has 0 spiro atoms. The van der Waals surface area contributed by atoms with Gasteiger partial charge >= 0.3 is 12.1 Å². The number of allylic oxidation sites excluding steroid dienone is 1. The molecule has 2 aromatic heterocycles. The predicted octanol–water partition coefficient (Wildman–Crippen LogP) is 8.27. The lowest BCUT2D eigenvalue weighted by atomic mass is 10.0. The number of carboxylic acids is 1. The maximum absolute atomic E-state index is 14.7. The Hall–Kier alpha value is -5.25. The van der Waals surface area contributed by atoms with Gasteiger partial charge in [0.05, 0.1) is 30.4 Å². The lowest BCUT2D eigenvalue weighted by molar-refractivity contribution is -0.145. The number of pyridine rings is 1. The Kier molecular flexibility index (Phi) is 11.4. The maximum atomic E-state index is 14.7. The molecule has 11 nitrogen and oxygen atoms in total. The van der Waals surface area contributed by atoms with E-state index in [1.807, 2.05) is 38.3 Å². The lowest BCUT2D eigenvalue weighted by Gasteiger charge is -2.30. The second-order valence-electron chi connectivity index (χ2n) is 15.6. The molecule has 2 aromatic carbocycles. The molecular weight excluding hydrogens is 779 g/mol. The third kappa shape index (κ3) is 8.34. The molecule has 7 rings (SSSR count). The van der Waals surface area contributed by atoms with Crippen molar-refractivity contribution < 1.29 is 46.5 Å². The molecule has 2 aliphatic heterocycles. The lowest BCUT2D eigenvalue weighted by Crippen LogP contribution is -2.55. The van der Waals surface area contributed by atoms with Crippen LogP contribution in [0.3, 0.4) is 0 Å². The molecule has 4 heterocycles. The molecular formula is C42H45F4N5O6S. The minimum absolute atomic E-state index is 0.0261. The Morgan fingerprint density at radius 2 is 1.90 bits per heavy atom. The average molecular weight is 824 g/mol. The van der Waals surface area contributed by atoms with Crippen LogP contribution in [0.4, 0.5) is 23.2 Å². The summed E-state index contributed by atoms with van der Waals surface area (Å²) < 4.78 is 67.9. The van der Waals surface area contributed by atoms with Gasteiger partial charge < -0.3 is 30.1 Å². The summed E-state index contributed by atoms with van der Waals surface area (Å²) in [6, 6.07) is 5.04. The Balaban J connectivity index is 1.26. The van der Waals surface area contributed by atoms with Gasteiger partial charge in [-0.25, -0.2) is 19.2 Å². The Bertz CT molecular complexity index is 2260. The molecule has 5 atom stereocenters. The van der Waals surface area contributed by atoms with Gasteiger partial charge in [0.15, 0.2) is 0 Å². The number of fused-ring (bicyclic) bond motifs is 3. The molecule has 0 unspecified atom stereocenters. The number of rotatable bonds is 8. The van der Waals surface area contributed by atoms with Crippen LogP contribution in [0.1, 0.15) is 81.5 Å². The molecule has 0 bridgehead atoms. The van der Waals surface area contributed by atoms with E-state index < -0.39 is 65.0 Å². The van der Waals surface area contributed by atoms with Crippen molar-refractivity contribution in [3.05, 3.63) is 76.6 Å². The molecule has 16 heteroatoms. The number of ether oxygens (including phenoxy) is 2. The third-order valence-electron chi connectivity index (χ3n) is 11.2. The number of methoxy groups -OCH3 is 1. The van der Waals surface area contributed by atoms with Crippen LogP contribution in [0.25, 0.3) is 21.6 Å². The molecule has 4 aromatic rings. The van der Waals surface area contributed by atoms with E-state index in [2.05, 4.69) is 10.6 Å². The van der Waals surface area contributed by atoms with E-state index in [9.17, 15) is 37.1 Å². The van der Waals surface area contributed by atoms with Crippen LogP contribution in [-0.2, 0) is 20.6 Å². The van der Waals surface area contributed by atoms with Crippen molar-refractivity contribution >= 4 is 45.7 Å². The first-order chi connectivity index (χ1) is 27.6. The van der Waals surface area contributed by atoms with Gasteiger partial charge in [0.2, 0.25) is 11.8 Å². The van der Waals surface area contributed by atoms with Gasteiger partial charge in [-0.05, 0) is 68.9 Å². The fraction of sp³-hybridized carbons (Fsp3) is 0.452. The monoisotopic (exact) mass is 823 g/mol. The van der Waals surface area contributed by atoms with E-state index in [1.165, 1.54) is 16.2 Å². The van der Waals surface area contributed by atoms with Gasteiger partial charge in [0.25, 0.3) is 0 Å². The number of thiazole rings is 1. The van der Waals surface area contributed by atoms with Crippen LogP contribution in [-0.4, -0.2) is 75.1 Å². The van der Waals surface area contributed by atoms with Crippen molar-refractivity contribution in [3.8, 4) is 22.2 Å². The summed E-state index contributed by atoms with van der Waals surface area (Å²) in [5.41, 5.74) is -0.201. The number of carbonyl (C=O) groups excluding carboxylic acids is 2. The molecule has 2 amide bonds. The van der Waals surface area contributed by atoms with Gasteiger partial charge in [-0.3, -0.25) is 9.59 Å². The zero-order valence-corrected chi connectivity index (χ0v) is 33.3. The largest absolute Gasteiger partial charge is 0.496 e. The van der Waals surface area contributed by atoms with Gasteiger partial charge in [0, 0.05) is 40.4 Å². The van der Waals surface area contributed by atoms with Crippen LogP contribution in [0.5, 0.6) is 11.5 Å². The van der Waals surface area contributed by atoms with E-state index >= 15 is 0 Å². The summed E-state index contributed by atoms with van der Waals surface area (Å²) in [4.78, 5) is 52.5. The maximum Gasteiger partial charge on any atom is 0.416 e. The van der Waals surface area contributed by atoms with Gasteiger partial charge in [0.1, 0.15) is 51.7 Å². The number of nitrogens with zero attached hydrogens (tertiary/aromatic N) is 3. The predicted molar refractivity (Wildman–Crippen MR) is 210 cm³/mol. The first kappa shape index (κ1) is 40.9. The Morgan fingerprint density at radius 1 is 1.10 bits per heavy atom. The Labute approximate surface area is 336 Å². The second kappa shape index (κ2) is 16.2. The number of aliphatic carboxylic acids is 1. The average Bonchev–Trinajstić information content (AvgIpc) is 3.45. The molecule has 1 aliphatic carbocycles. The molecule has 58 heavy (non-hydrogen) atoms. The number of carbonyl (C=O) groups is 3. The van der Waals surface area contributed by atoms with Gasteiger partial charge in [-0.2, -0.15) is 13.2 Å².